The molecule has 0 aliphatic rings. The predicted molar refractivity (Wildman–Crippen MR) is 99.8 cm³/mol. The van der Waals surface area contributed by atoms with Crippen molar-refractivity contribution in [1.82, 2.24) is 20.1 Å². The third-order valence-corrected chi connectivity index (χ3v) is 3.94. The maximum atomic E-state index is 12.6. The summed E-state index contributed by atoms with van der Waals surface area (Å²) in [7, 11) is 1.65. The van der Waals surface area contributed by atoms with E-state index >= 15 is 0 Å². The van der Waals surface area contributed by atoms with Crippen LogP contribution in [0.1, 0.15) is 22.3 Å². The van der Waals surface area contributed by atoms with Crippen LogP contribution in [0.25, 0.3) is 11.3 Å². The van der Waals surface area contributed by atoms with E-state index in [0.717, 1.165) is 17.5 Å². The summed E-state index contributed by atoms with van der Waals surface area (Å²) in [6.45, 7) is 1.77. The minimum absolute atomic E-state index is 0.140. The number of hydrogen-bond acceptors (Lipinski definition) is 4. The average molecular weight is 350 g/mol. The van der Waals surface area contributed by atoms with Crippen molar-refractivity contribution in [2.24, 2.45) is 0 Å². The number of amides is 1. The number of benzene rings is 1. The third kappa shape index (κ3) is 4.55. The van der Waals surface area contributed by atoms with Crippen molar-refractivity contribution in [2.45, 2.75) is 13.0 Å². The van der Waals surface area contributed by atoms with Gasteiger partial charge in [-0.05, 0) is 24.1 Å². The van der Waals surface area contributed by atoms with Gasteiger partial charge in [-0.15, -0.1) is 0 Å². The SMILES string of the molecule is COCCCNC(=O)c1cn(Cc2ccccc2)nc1-c1cccnc1. The molecular formula is C20H22N4O2. The number of ether oxygens (including phenoxy) is 1. The summed E-state index contributed by atoms with van der Waals surface area (Å²) in [5, 5.41) is 7.56. The molecule has 1 aromatic carbocycles. The van der Waals surface area contributed by atoms with Gasteiger partial charge in [-0.1, -0.05) is 30.3 Å². The minimum Gasteiger partial charge on any atom is -0.385 e. The maximum absolute atomic E-state index is 12.6. The van der Waals surface area contributed by atoms with Gasteiger partial charge in [-0.2, -0.15) is 5.10 Å². The average Bonchev–Trinajstić information content (AvgIpc) is 3.10. The van der Waals surface area contributed by atoms with Gasteiger partial charge in [-0.3, -0.25) is 14.5 Å². The second kappa shape index (κ2) is 8.92. The fourth-order valence-electron chi connectivity index (χ4n) is 2.67. The molecule has 0 aliphatic carbocycles. The molecule has 1 N–H and O–H groups in total. The first-order valence-electron chi connectivity index (χ1n) is 8.57. The first kappa shape index (κ1) is 17.8. The minimum atomic E-state index is -0.140. The van der Waals surface area contributed by atoms with Crippen molar-refractivity contribution >= 4 is 5.91 Å². The monoisotopic (exact) mass is 350 g/mol. The number of carbonyl (C=O) groups is 1. The Kier molecular flexibility index (Phi) is 6.11. The molecule has 0 aliphatic heterocycles. The lowest BCUT2D eigenvalue weighted by Gasteiger charge is -2.04. The molecule has 6 heteroatoms. The van der Waals surface area contributed by atoms with E-state index in [1.165, 1.54) is 0 Å². The molecule has 6 nitrogen and oxygen atoms in total. The normalized spacial score (nSPS) is 10.7. The van der Waals surface area contributed by atoms with Gasteiger partial charge < -0.3 is 10.1 Å². The highest BCUT2D eigenvalue weighted by Gasteiger charge is 2.18. The molecule has 2 aromatic heterocycles. The number of rotatable bonds is 8. The number of hydrogen-bond donors (Lipinski definition) is 1. The van der Waals surface area contributed by atoms with E-state index in [4.69, 9.17) is 4.74 Å². The quantitative estimate of drug-likeness (QED) is 0.634. The second-order valence-corrected chi connectivity index (χ2v) is 5.92. The van der Waals surface area contributed by atoms with E-state index < -0.39 is 0 Å². The molecule has 0 atom stereocenters. The Morgan fingerprint density at radius 1 is 1.19 bits per heavy atom. The lowest BCUT2D eigenvalue weighted by Crippen LogP contribution is -2.25. The van der Waals surface area contributed by atoms with E-state index in [1.54, 1.807) is 30.4 Å². The van der Waals surface area contributed by atoms with Crippen LogP contribution in [0.3, 0.4) is 0 Å². The number of pyridine rings is 1. The maximum Gasteiger partial charge on any atom is 0.255 e. The summed E-state index contributed by atoms with van der Waals surface area (Å²) in [6.07, 6.45) is 5.98. The van der Waals surface area contributed by atoms with Gasteiger partial charge in [0.05, 0.1) is 12.1 Å². The highest BCUT2D eigenvalue weighted by atomic mass is 16.5. The first-order valence-corrected chi connectivity index (χ1v) is 8.57. The Hall–Kier alpha value is -2.99. The van der Waals surface area contributed by atoms with Crippen LogP contribution in [0.4, 0.5) is 0 Å². The van der Waals surface area contributed by atoms with E-state index in [2.05, 4.69) is 15.4 Å². The molecule has 0 radical (unpaired) electrons. The van der Waals surface area contributed by atoms with E-state index in [0.29, 0.717) is 31.0 Å². The molecule has 134 valence electrons. The molecule has 0 bridgehead atoms. The number of nitrogens with zero attached hydrogens (tertiary/aromatic N) is 3. The zero-order chi connectivity index (χ0) is 18.2. The fourth-order valence-corrected chi connectivity index (χ4v) is 2.67. The molecule has 0 saturated carbocycles. The van der Waals surface area contributed by atoms with Crippen LogP contribution >= 0.6 is 0 Å². The molecule has 0 spiro atoms. The highest BCUT2D eigenvalue weighted by Crippen LogP contribution is 2.21. The van der Waals surface area contributed by atoms with Crippen LogP contribution in [-0.4, -0.2) is 40.9 Å². The summed E-state index contributed by atoms with van der Waals surface area (Å²) >= 11 is 0. The van der Waals surface area contributed by atoms with Crippen LogP contribution < -0.4 is 5.32 Å². The molecule has 0 fully saturated rings. The van der Waals surface area contributed by atoms with Gasteiger partial charge in [0, 0.05) is 44.4 Å². The van der Waals surface area contributed by atoms with Gasteiger partial charge in [0.1, 0.15) is 5.69 Å². The van der Waals surface area contributed by atoms with Gasteiger partial charge >= 0.3 is 0 Å². The Balaban J connectivity index is 1.84. The van der Waals surface area contributed by atoms with Gasteiger partial charge in [0.2, 0.25) is 0 Å². The highest BCUT2D eigenvalue weighted by molar-refractivity contribution is 5.99. The number of nitrogens with one attached hydrogen (secondary N) is 1. The van der Waals surface area contributed by atoms with Crippen molar-refractivity contribution in [3.63, 3.8) is 0 Å². The van der Waals surface area contributed by atoms with Gasteiger partial charge in [-0.25, -0.2) is 0 Å². The summed E-state index contributed by atoms with van der Waals surface area (Å²) in [4.78, 5) is 16.8. The summed E-state index contributed by atoms with van der Waals surface area (Å²) < 4.78 is 6.81. The molecular weight excluding hydrogens is 328 g/mol. The lowest BCUT2D eigenvalue weighted by atomic mass is 10.1. The van der Waals surface area contributed by atoms with Gasteiger partial charge in [0.15, 0.2) is 0 Å². The number of aromatic nitrogens is 3. The van der Waals surface area contributed by atoms with Crippen molar-refractivity contribution in [1.29, 1.82) is 0 Å². The van der Waals surface area contributed by atoms with Crippen LogP contribution in [0, 0.1) is 0 Å². The lowest BCUT2D eigenvalue weighted by molar-refractivity contribution is 0.0949. The van der Waals surface area contributed by atoms with Crippen molar-refractivity contribution < 1.29 is 9.53 Å². The summed E-state index contributed by atoms with van der Waals surface area (Å²) in [6, 6.07) is 13.8. The molecule has 2 heterocycles. The molecule has 3 rings (SSSR count). The third-order valence-electron chi connectivity index (χ3n) is 3.94. The molecule has 0 saturated heterocycles. The van der Waals surface area contributed by atoms with E-state index in [1.807, 2.05) is 42.5 Å². The molecule has 26 heavy (non-hydrogen) atoms. The van der Waals surface area contributed by atoms with Crippen LogP contribution in [0.15, 0.2) is 61.1 Å². The van der Waals surface area contributed by atoms with Crippen molar-refractivity contribution in [3.8, 4) is 11.3 Å². The van der Waals surface area contributed by atoms with E-state index in [9.17, 15) is 4.79 Å². The zero-order valence-electron chi connectivity index (χ0n) is 14.8. The second-order valence-electron chi connectivity index (χ2n) is 5.92. The molecule has 1 amide bonds. The summed E-state index contributed by atoms with van der Waals surface area (Å²) in [5.41, 5.74) is 3.13. The Morgan fingerprint density at radius 2 is 2.04 bits per heavy atom. The Labute approximate surface area is 152 Å². The van der Waals surface area contributed by atoms with Crippen LogP contribution in [-0.2, 0) is 11.3 Å². The Bertz CT molecular complexity index is 832. The molecule has 3 aromatic rings. The van der Waals surface area contributed by atoms with E-state index in [-0.39, 0.29) is 5.91 Å². The predicted octanol–water partition coefficient (Wildman–Crippen LogP) is 2.76. The largest absolute Gasteiger partial charge is 0.385 e. The first-order chi connectivity index (χ1) is 12.8. The van der Waals surface area contributed by atoms with Crippen LogP contribution in [0.2, 0.25) is 0 Å². The fraction of sp³-hybridized carbons (Fsp3) is 0.250. The topological polar surface area (TPSA) is 69.0 Å². The zero-order valence-corrected chi connectivity index (χ0v) is 14.8. The van der Waals surface area contributed by atoms with Crippen molar-refractivity contribution in [2.75, 3.05) is 20.3 Å². The van der Waals surface area contributed by atoms with Crippen molar-refractivity contribution in [3.05, 3.63) is 72.2 Å². The smallest absolute Gasteiger partial charge is 0.255 e. The number of methoxy groups -OCH3 is 1. The summed E-state index contributed by atoms with van der Waals surface area (Å²) in [5.74, 6) is -0.140. The van der Waals surface area contributed by atoms with Crippen LogP contribution in [0.5, 0.6) is 0 Å². The van der Waals surface area contributed by atoms with Gasteiger partial charge in [0.25, 0.3) is 5.91 Å². The standard InChI is InChI=1S/C20H22N4O2/c1-26-12-6-11-22-20(25)18-15-24(14-16-7-3-2-4-8-16)23-19(18)17-9-5-10-21-13-17/h2-5,7-10,13,15H,6,11-12,14H2,1H3,(H,22,25). The number of carbonyl (C=O) groups excluding carboxylic acids is 1. The molecule has 0 unspecified atom stereocenters. The Morgan fingerprint density at radius 3 is 2.77 bits per heavy atom.